The highest BCUT2D eigenvalue weighted by Crippen LogP contribution is 2.74. The Labute approximate surface area is 199 Å². The van der Waals surface area contributed by atoms with Gasteiger partial charge in [-0.3, -0.25) is 0 Å². The maximum absolute atomic E-state index is 7.73. The van der Waals surface area contributed by atoms with Gasteiger partial charge in [-0.15, -0.1) is 6.58 Å². The minimum atomic E-state index is -0.249. The first-order valence-corrected chi connectivity index (χ1v) is 13.6. The maximum Gasteiger partial charge on any atom is 0.0300 e. The van der Waals surface area contributed by atoms with Crippen LogP contribution in [0.4, 0.5) is 0 Å². The zero-order valence-electron chi connectivity index (χ0n) is 22.3. The third-order valence-electron chi connectivity index (χ3n) is 12.3. The van der Waals surface area contributed by atoms with Gasteiger partial charge in [-0.05, 0) is 98.7 Å². The first-order valence-electron chi connectivity index (χ1n) is 13.6. The number of allylic oxidation sites excluding steroid dienone is 1. The zero-order chi connectivity index (χ0) is 23.9. The third-order valence-corrected chi connectivity index (χ3v) is 12.3. The van der Waals surface area contributed by atoms with E-state index in [0.29, 0.717) is 29.1 Å². The van der Waals surface area contributed by atoms with Gasteiger partial charge in [0, 0.05) is 16.5 Å². The summed E-state index contributed by atoms with van der Waals surface area (Å²) in [6.45, 7) is 26.1. The molecule has 0 heterocycles. The molecule has 0 amide bonds. The van der Waals surface area contributed by atoms with Crippen LogP contribution in [0, 0.1) is 45.8 Å². The second-order valence-corrected chi connectivity index (χ2v) is 14.1. The lowest BCUT2D eigenvalue weighted by atomic mass is 9.33. The van der Waals surface area contributed by atoms with Crippen LogP contribution in [0.1, 0.15) is 106 Å². The summed E-state index contributed by atoms with van der Waals surface area (Å²) in [4.78, 5) is 0. The molecule has 182 valence electrons. The first kappa shape index (κ1) is 24.5. The fraction of sp³-hybridized carbons (Fsp3) is 0.867. The van der Waals surface area contributed by atoms with Crippen molar-refractivity contribution in [3.8, 4) is 0 Å². The molecule has 10 atom stereocenters. The molecule has 0 aliphatic heterocycles. The molecule has 32 heavy (non-hydrogen) atoms. The van der Waals surface area contributed by atoms with Crippen LogP contribution >= 0.6 is 0 Å². The van der Waals surface area contributed by atoms with Gasteiger partial charge in [-0.25, -0.2) is 0 Å². The summed E-state index contributed by atoms with van der Waals surface area (Å²) in [5.41, 5.74) is 18.0. The summed E-state index contributed by atoms with van der Waals surface area (Å²) in [5.74, 6) is 2.97. The molecule has 0 aromatic rings. The van der Waals surface area contributed by atoms with Crippen molar-refractivity contribution < 1.29 is 0 Å². The van der Waals surface area contributed by atoms with Gasteiger partial charge in [-0.2, -0.15) is 0 Å². The third kappa shape index (κ3) is 2.90. The summed E-state index contributed by atoms with van der Waals surface area (Å²) >= 11 is 0. The van der Waals surface area contributed by atoms with Crippen LogP contribution in [0.5, 0.6) is 0 Å². The smallest absolute Gasteiger partial charge is 0.0300 e. The van der Waals surface area contributed by atoms with Crippen LogP contribution in [0.2, 0.25) is 0 Å². The zero-order valence-corrected chi connectivity index (χ0v) is 22.3. The standard InChI is InChI=1S/C30H52N2/c1-19(2)10-11-21(4)24-13-15-29(31)25-22(5)17-26(7)16-20(3)12-14-27(26,8)30(25,32)18-23(6)28(24,29)9/h20-22,24-25H,1,6,10-18,31-32H2,2-5,7-9H3/t20-,21-,22+,24-,25+,26+,27+,28-,29-,30-/m1/s1. The number of hydrogen-bond acceptors (Lipinski definition) is 2. The van der Waals surface area contributed by atoms with Gasteiger partial charge in [0.25, 0.3) is 0 Å². The average molecular weight is 441 g/mol. The molecule has 0 spiro atoms. The lowest BCUT2D eigenvalue weighted by Gasteiger charge is -2.74. The Morgan fingerprint density at radius 1 is 1.06 bits per heavy atom. The highest BCUT2D eigenvalue weighted by Gasteiger charge is 2.75. The molecule has 0 saturated heterocycles. The van der Waals surface area contributed by atoms with E-state index in [0.717, 1.165) is 25.2 Å². The molecular weight excluding hydrogens is 388 g/mol. The Kier molecular flexibility index (Phi) is 5.71. The lowest BCUT2D eigenvalue weighted by Crippen LogP contribution is -2.80. The summed E-state index contributed by atoms with van der Waals surface area (Å²) in [6.07, 6.45) is 10.7. The van der Waals surface area contributed by atoms with Crippen molar-refractivity contribution >= 4 is 0 Å². The Bertz CT molecular complexity index is 801. The molecule has 0 unspecified atom stereocenters. The molecule has 0 bridgehead atoms. The first-order chi connectivity index (χ1) is 14.7. The van der Waals surface area contributed by atoms with Crippen LogP contribution < -0.4 is 11.5 Å². The molecule has 0 aromatic heterocycles. The van der Waals surface area contributed by atoms with E-state index in [1.807, 2.05) is 0 Å². The van der Waals surface area contributed by atoms with Crippen molar-refractivity contribution in [2.24, 2.45) is 57.3 Å². The lowest BCUT2D eigenvalue weighted by molar-refractivity contribution is -0.188. The van der Waals surface area contributed by atoms with Crippen LogP contribution in [0.25, 0.3) is 0 Å². The summed E-state index contributed by atoms with van der Waals surface area (Å²) in [7, 11) is 0. The van der Waals surface area contributed by atoms with Gasteiger partial charge in [0.15, 0.2) is 0 Å². The minimum Gasteiger partial charge on any atom is -0.324 e. The van der Waals surface area contributed by atoms with Gasteiger partial charge in [0.05, 0.1) is 0 Å². The van der Waals surface area contributed by atoms with E-state index in [-0.39, 0.29) is 21.9 Å². The molecule has 0 radical (unpaired) electrons. The monoisotopic (exact) mass is 440 g/mol. The van der Waals surface area contributed by atoms with Gasteiger partial charge >= 0.3 is 0 Å². The van der Waals surface area contributed by atoms with Gasteiger partial charge < -0.3 is 11.5 Å². The number of rotatable bonds is 4. The molecule has 0 aromatic carbocycles. The largest absolute Gasteiger partial charge is 0.324 e. The maximum atomic E-state index is 7.73. The highest BCUT2D eigenvalue weighted by atomic mass is 15.0. The van der Waals surface area contributed by atoms with E-state index >= 15 is 0 Å². The van der Waals surface area contributed by atoms with Gasteiger partial charge in [0.2, 0.25) is 0 Å². The number of nitrogens with two attached hydrogens (primary N) is 2. The van der Waals surface area contributed by atoms with Gasteiger partial charge in [0.1, 0.15) is 0 Å². The highest BCUT2D eigenvalue weighted by molar-refractivity contribution is 5.38. The van der Waals surface area contributed by atoms with Crippen LogP contribution in [-0.2, 0) is 0 Å². The average Bonchev–Trinajstić information content (AvgIpc) is 2.94. The second kappa shape index (κ2) is 7.45. The molecule has 4 aliphatic carbocycles. The minimum absolute atomic E-state index is 0.0185. The molecule has 4 fully saturated rings. The molecule has 4 saturated carbocycles. The molecule has 4 aliphatic rings. The molecule has 4 rings (SSSR count). The van der Waals surface area contributed by atoms with E-state index in [2.05, 4.69) is 55.0 Å². The van der Waals surface area contributed by atoms with E-state index in [4.69, 9.17) is 18.0 Å². The van der Waals surface area contributed by atoms with Gasteiger partial charge in [-0.1, -0.05) is 65.7 Å². The Morgan fingerprint density at radius 3 is 2.34 bits per heavy atom. The van der Waals surface area contributed by atoms with Crippen molar-refractivity contribution in [1.29, 1.82) is 0 Å². The van der Waals surface area contributed by atoms with Crippen LogP contribution in [0.3, 0.4) is 0 Å². The number of fused-ring (bicyclic) bond motifs is 5. The van der Waals surface area contributed by atoms with E-state index in [9.17, 15) is 0 Å². The van der Waals surface area contributed by atoms with E-state index < -0.39 is 0 Å². The molecule has 2 nitrogen and oxygen atoms in total. The number of hydrogen-bond donors (Lipinski definition) is 2. The van der Waals surface area contributed by atoms with Crippen molar-refractivity contribution in [3.05, 3.63) is 24.3 Å². The molecule has 4 N–H and O–H groups in total. The Balaban J connectivity index is 1.77. The Hall–Kier alpha value is -0.600. The van der Waals surface area contributed by atoms with Crippen molar-refractivity contribution in [1.82, 2.24) is 0 Å². The SMILES string of the molecule is C=C(C)CC[C@@H](C)[C@H]1CC[C@@]2(N)[C@@H]3[C@@H](C)C[C@]4(C)C[C@H](C)CC[C@]4(C)[C@@]3(N)CC(=C)[C@]12C. The van der Waals surface area contributed by atoms with E-state index in [1.54, 1.807) is 0 Å². The predicted octanol–water partition coefficient (Wildman–Crippen LogP) is 7.24. The van der Waals surface area contributed by atoms with Crippen LogP contribution in [-0.4, -0.2) is 11.1 Å². The quantitative estimate of drug-likeness (QED) is 0.453. The van der Waals surface area contributed by atoms with Crippen LogP contribution in [0.15, 0.2) is 24.3 Å². The molecule has 2 heteroatoms. The fourth-order valence-electron chi connectivity index (χ4n) is 10.4. The van der Waals surface area contributed by atoms with E-state index in [1.165, 1.54) is 49.7 Å². The Morgan fingerprint density at radius 2 is 1.72 bits per heavy atom. The van der Waals surface area contributed by atoms with Crippen molar-refractivity contribution in [3.63, 3.8) is 0 Å². The summed E-state index contributed by atoms with van der Waals surface area (Å²) in [5, 5.41) is 0. The topological polar surface area (TPSA) is 52.0 Å². The fourth-order valence-corrected chi connectivity index (χ4v) is 10.4. The molecular formula is C30H52N2. The van der Waals surface area contributed by atoms with Crippen molar-refractivity contribution in [2.45, 2.75) is 117 Å². The normalized spacial score (nSPS) is 53.8. The predicted molar refractivity (Wildman–Crippen MR) is 138 cm³/mol. The van der Waals surface area contributed by atoms with Crippen molar-refractivity contribution in [2.75, 3.05) is 0 Å². The summed E-state index contributed by atoms with van der Waals surface area (Å²) in [6, 6.07) is 0. The second-order valence-electron chi connectivity index (χ2n) is 14.1. The summed E-state index contributed by atoms with van der Waals surface area (Å²) < 4.78 is 0.